The third kappa shape index (κ3) is 5.37. The molecule has 0 saturated heterocycles. The van der Waals surface area contributed by atoms with Crippen LogP contribution in [0.4, 0.5) is 4.79 Å². The molecule has 4 heteroatoms. The highest BCUT2D eigenvalue weighted by atomic mass is 16.8. The molecule has 0 heterocycles. The van der Waals surface area contributed by atoms with Crippen molar-refractivity contribution in [2.75, 3.05) is 13.9 Å². The summed E-state index contributed by atoms with van der Waals surface area (Å²) in [6.45, 7) is 3.42. The van der Waals surface area contributed by atoms with Crippen LogP contribution in [0.3, 0.4) is 0 Å². The van der Waals surface area contributed by atoms with Crippen LogP contribution >= 0.6 is 0 Å². The number of carbonyl (C=O) groups excluding carboxylic acids is 1. The third-order valence-electron chi connectivity index (χ3n) is 0.627. The van der Waals surface area contributed by atoms with Crippen molar-refractivity contribution in [3.63, 3.8) is 0 Å². The minimum absolute atomic E-state index is 0.0639. The minimum Gasteiger partial charge on any atom is -0.432 e. The van der Waals surface area contributed by atoms with Crippen molar-refractivity contribution < 1.29 is 19.0 Å². The van der Waals surface area contributed by atoms with Crippen molar-refractivity contribution in [3.8, 4) is 0 Å². The molecule has 60 valence electrons. The molecule has 0 aliphatic rings. The van der Waals surface area contributed by atoms with E-state index in [1.54, 1.807) is 13.8 Å². The zero-order chi connectivity index (χ0) is 7.98. The SMILES string of the molecule is COCOC(=O)OC(C)C. The zero-order valence-corrected chi connectivity index (χ0v) is 6.42. The summed E-state index contributed by atoms with van der Waals surface area (Å²) in [5.41, 5.74) is 0. The Morgan fingerprint density at radius 1 is 1.50 bits per heavy atom. The van der Waals surface area contributed by atoms with Crippen molar-refractivity contribution in [1.29, 1.82) is 0 Å². The van der Waals surface area contributed by atoms with Crippen LogP contribution in [0.2, 0.25) is 0 Å². The Labute approximate surface area is 60.1 Å². The van der Waals surface area contributed by atoms with Gasteiger partial charge < -0.3 is 14.2 Å². The lowest BCUT2D eigenvalue weighted by Gasteiger charge is -2.06. The van der Waals surface area contributed by atoms with Gasteiger partial charge in [-0.2, -0.15) is 0 Å². The summed E-state index contributed by atoms with van der Waals surface area (Å²) >= 11 is 0. The Bertz CT molecular complexity index is 99.9. The molecular formula is C6H12O4. The average Bonchev–Trinajstić information content (AvgIpc) is 1.82. The first-order valence-corrected chi connectivity index (χ1v) is 2.99. The van der Waals surface area contributed by atoms with Gasteiger partial charge in [0, 0.05) is 7.11 Å². The predicted octanol–water partition coefficient (Wildman–Crippen LogP) is 1.15. The summed E-state index contributed by atoms with van der Waals surface area (Å²) < 4.78 is 13.5. The van der Waals surface area contributed by atoms with E-state index in [1.165, 1.54) is 7.11 Å². The normalized spacial score (nSPS) is 9.60. The topological polar surface area (TPSA) is 44.8 Å². The van der Waals surface area contributed by atoms with Crippen molar-refractivity contribution >= 4 is 6.16 Å². The maximum atomic E-state index is 10.5. The van der Waals surface area contributed by atoms with Crippen LogP contribution in [0, 0.1) is 0 Å². The highest BCUT2D eigenvalue weighted by Gasteiger charge is 2.04. The number of ether oxygens (including phenoxy) is 3. The molecule has 0 saturated carbocycles. The highest BCUT2D eigenvalue weighted by Crippen LogP contribution is 1.91. The maximum Gasteiger partial charge on any atom is 0.510 e. The summed E-state index contributed by atoms with van der Waals surface area (Å²) in [6, 6.07) is 0. The summed E-state index contributed by atoms with van der Waals surface area (Å²) in [5.74, 6) is 0. The monoisotopic (exact) mass is 148 g/mol. The number of carbonyl (C=O) groups is 1. The van der Waals surface area contributed by atoms with Gasteiger partial charge >= 0.3 is 6.16 Å². The molecular weight excluding hydrogens is 136 g/mol. The van der Waals surface area contributed by atoms with Gasteiger partial charge in [-0.15, -0.1) is 0 Å². The Morgan fingerprint density at radius 2 is 2.10 bits per heavy atom. The quantitative estimate of drug-likeness (QED) is 0.445. The van der Waals surface area contributed by atoms with Crippen molar-refractivity contribution in [2.24, 2.45) is 0 Å². The summed E-state index contributed by atoms with van der Waals surface area (Å²) in [7, 11) is 1.43. The van der Waals surface area contributed by atoms with Crippen LogP contribution in [0.1, 0.15) is 13.8 Å². The molecule has 0 aromatic rings. The number of hydrogen-bond donors (Lipinski definition) is 0. The first-order valence-electron chi connectivity index (χ1n) is 2.99. The molecule has 0 aromatic carbocycles. The molecule has 0 rings (SSSR count). The van der Waals surface area contributed by atoms with Gasteiger partial charge in [-0.25, -0.2) is 4.79 Å². The van der Waals surface area contributed by atoms with E-state index >= 15 is 0 Å². The van der Waals surface area contributed by atoms with Gasteiger partial charge in [0.25, 0.3) is 0 Å². The fraction of sp³-hybridized carbons (Fsp3) is 0.833. The van der Waals surface area contributed by atoms with Gasteiger partial charge in [0.2, 0.25) is 0 Å². The maximum absolute atomic E-state index is 10.5. The van der Waals surface area contributed by atoms with Crippen LogP contribution in [0.15, 0.2) is 0 Å². The van der Waals surface area contributed by atoms with Gasteiger partial charge in [-0.1, -0.05) is 0 Å². The molecule has 0 aliphatic carbocycles. The van der Waals surface area contributed by atoms with Gasteiger partial charge in [-0.05, 0) is 13.8 Å². The zero-order valence-electron chi connectivity index (χ0n) is 6.42. The molecule has 0 unspecified atom stereocenters. The number of hydrogen-bond acceptors (Lipinski definition) is 4. The van der Waals surface area contributed by atoms with Crippen LogP contribution in [-0.4, -0.2) is 26.2 Å². The average molecular weight is 148 g/mol. The first-order chi connectivity index (χ1) is 4.66. The molecule has 0 fully saturated rings. The largest absolute Gasteiger partial charge is 0.510 e. The Hall–Kier alpha value is -0.770. The van der Waals surface area contributed by atoms with Gasteiger partial charge in [0.1, 0.15) is 0 Å². The van der Waals surface area contributed by atoms with E-state index in [9.17, 15) is 4.79 Å². The molecule has 0 bridgehead atoms. The number of methoxy groups -OCH3 is 1. The lowest BCUT2D eigenvalue weighted by atomic mass is 10.5. The van der Waals surface area contributed by atoms with Gasteiger partial charge in [0.15, 0.2) is 6.79 Å². The number of rotatable bonds is 3. The van der Waals surface area contributed by atoms with E-state index in [4.69, 9.17) is 0 Å². The molecule has 0 atom stereocenters. The molecule has 10 heavy (non-hydrogen) atoms. The fourth-order valence-electron chi connectivity index (χ4n) is 0.334. The van der Waals surface area contributed by atoms with Crippen molar-refractivity contribution in [1.82, 2.24) is 0 Å². The van der Waals surface area contributed by atoms with Crippen LogP contribution in [-0.2, 0) is 14.2 Å². The second kappa shape index (κ2) is 5.05. The minimum atomic E-state index is -0.697. The summed E-state index contributed by atoms with van der Waals surface area (Å²) in [5, 5.41) is 0. The predicted molar refractivity (Wildman–Crippen MR) is 34.6 cm³/mol. The second-order valence-electron chi connectivity index (χ2n) is 1.97. The van der Waals surface area contributed by atoms with Crippen molar-refractivity contribution in [3.05, 3.63) is 0 Å². The lowest BCUT2D eigenvalue weighted by molar-refractivity contribution is -0.0350. The second-order valence-corrected chi connectivity index (χ2v) is 1.97. The van der Waals surface area contributed by atoms with E-state index in [0.717, 1.165) is 0 Å². The molecule has 0 spiro atoms. The van der Waals surface area contributed by atoms with E-state index in [-0.39, 0.29) is 12.9 Å². The molecule has 0 N–H and O–H groups in total. The van der Waals surface area contributed by atoms with Gasteiger partial charge in [-0.3, -0.25) is 0 Å². The van der Waals surface area contributed by atoms with E-state index in [0.29, 0.717) is 0 Å². The standard InChI is InChI=1S/C6H12O4/c1-5(2)10-6(7)9-4-8-3/h5H,4H2,1-3H3. The Morgan fingerprint density at radius 3 is 2.50 bits per heavy atom. The van der Waals surface area contributed by atoms with Crippen LogP contribution in [0.5, 0.6) is 0 Å². The molecule has 4 nitrogen and oxygen atoms in total. The molecule has 0 aromatic heterocycles. The lowest BCUT2D eigenvalue weighted by Crippen LogP contribution is -2.14. The molecule has 0 aliphatic heterocycles. The van der Waals surface area contributed by atoms with E-state index in [1.807, 2.05) is 0 Å². The Balaban J connectivity index is 3.26. The van der Waals surface area contributed by atoms with Crippen LogP contribution in [0.25, 0.3) is 0 Å². The van der Waals surface area contributed by atoms with E-state index < -0.39 is 6.16 Å². The summed E-state index contributed by atoms with van der Waals surface area (Å²) in [4.78, 5) is 10.5. The van der Waals surface area contributed by atoms with Crippen LogP contribution < -0.4 is 0 Å². The Kier molecular flexibility index (Phi) is 4.66. The molecule has 0 radical (unpaired) electrons. The highest BCUT2D eigenvalue weighted by molar-refractivity contribution is 5.59. The molecule has 0 amide bonds. The van der Waals surface area contributed by atoms with Gasteiger partial charge in [0.05, 0.1) is 6.10 Å². The van der Waals surface area contributed by atoms with E-state index in [2.05, 4.69) is 14.2 Å². The smallest absolute Gasteiger partial charge is 0.432 e. The fourth-order valence-corrected chi connectivity index (χ4v) is 0.334. The third-order valence-corrected chi connectivity index (χ3v) is 0.627. The first kappa shape index (κ1) is 9.23. The summed E-state index contributed by atoms with van der Waals surface area (Å²) in [6.07, 6.45) is -0.846. The van der Waals surface area contributed by atoms with Crippen molar-refractivity contribution in [2.45, 2.75) is 20.0 Å².